The number of anilines is 1. The van der Waals surface area contributed by atoms with Crippen molar-refractivity contribution in [2.75, 3.05) is 37.6 Å². The Bertz CT molecular complexity index is 525. The molecule has 0 aliphatic carbocycles. The Hall–Kier alpha value is -1.39. The molecule has 0 N–H and O–H groups in total. The summed E-state index contributed by atoms with van der Waals surface area (Å²) < 4.78 is 0. The van der Waals surface area contributed by atoms with Crippen molar-refractivity contribution >= 4 is 11.6 Å². The van der Waals surface area contributed by atoms with E-state index in [9.17, 15) is 4.79 Å². The lowest BCUT2D eigenvalue weighted by Crippen LogP contribution is -2.51. The van der Waals surface area contributed by atoms with E-state index in [0.29, 0.717) is 12.6 Å². The highest BCUT2D eigenvalue weighted by Gasteiger charge is 2.29. The lowest BCUT2D eigenvalue weighted by atomic mass is 10.0. The molecule has 0 radical (unpaired) electrons. The average Bonchev–Trinajstić information content (AvgIpc) is 3.10. The van der Waals surface area contributed by atoms with Gasteiger partial charge in [0.15, 0.2) is 0 Å². The van der Waals surface area contributed by atoms with E-state index in [1.54, 1.807) is 0 Å². The summed E-state index contributed by atoms with van der Waals surface area (Å²) in [7, 11) is 0. The standard InChI is InChI=1S/C20H31N3O/c1-17(2)23(18-9-4-3-5-10-18)20(24)16-21-12-8-11-19(15-21)22-13-6-7-14-22/h3-5,9-10,17,19H,6-8,11-16H2,1-2H3. The van der Waals surface area contributed by atoms with Crippen molar-refractivity contribution in [3.63, 3.8) is 0 Å². The second-order valence-corrected chi connectivity index (χ2v) is 7.47. The predicted octanol–water partition coefficient (Wildman–Crippen LogP) is 2.99. The first-order valence-corrected chi connectivity index (χ1v) is 9.48. The molecule has 0 aromatic heterocycles. The first kappa shape index (κ1) is 17.4. The lowest BCUT2D eigenvalue weighted by Gasteiger charge is -2.38. The zero-order valence-corrected chi connectivity index (χ0v) is 15.2. The van der Waals surface area contributed by atoms with Gasteiger partial charge in [-0.2, -0.15) is 0 Å². The molecule has 4 heteroatoms. The molecule has 132 valence electrons. The molecule has 2 saturated heterocycles. The molecule has 0 saturated carbocycles. The van der Waals surface area contributed by atoms with Crippen molar-refractivity contribution in [3.8, 4) is 0 Å². The highest BCUT2D eigenvalue weighted by Crippen LogP contribution is 2.22. The SMILES string of the molecule is CC(C)N(C(=O)CN1CCCC(N2CCCC2)C1)c1ccccc1. The lowest BCUT2D eigenvalue weighted by molar-refractivity contribution is -0.120. The first-order chi connectivity index (χ1) is 11.6. The van der Waals surface area contributed by atoms with Crippen molar-refractivity contribution in [3.05, 3.63) is 30.3 Å². The van der Waals surface area contributed by atoms with Gasteiger partial charge in [-0.25, -0.2) is 0 Å². The molecule has 1 aromatic carbocycles. The second-order valence-electron chi connectivity index (χ2n) is 7.47. The summed E-state index contributed by atoms with van der Waals surface area (Å²) in [6, 6.07) is 10.9. The number of carbonyl (C=O) groups excluding carboxylic acids is 1. The van der Waals surface area contributed by atoms with Crippen molar-refractivity contribution in [1.82, 2.24) is 9.80 Å². The van der Waals surface area contributed by atoms with Crippen LogP contribution in [0.15, 0.2) is 30.3 Å². The Morgan fingerprint density at radius 2 is 1.83 bits per heavy atom. The third kappa shape index (κ3) is 4.17. The normalized spacial score (nSPS) is 22.9. The maximum absolute atomic E-state index is 13.0. The van der Waals surface area contributed by atoms with Crippen LogP contribution in [0.2, 0.25) is 0 Å². The summed E-state index contributed by atoms with van der Waals surface area (Å²) in [5.41, 5.74) is 1.01. The average molecular weight is 329 g/mol. The van der Waals surface area contributed by atoms with Gasteiger partial charge in [0.05, 0.1) is 6.54 Å². The van der Waals surface area contributed by atoms with Crippen LogP contribution in [0.25, 0.3) is 0 Å². The third-order valence-electron chi connectivity index (χ3n) is 5.32. The van der Waals surface area contributed by atoms with E-state index >= 15 is 0 Å². The van der Waals surface area contributed by atoms with Gasteiger partial charge >= 0.3 is 0 Å². The van der Waals surface area contributed by atoms with Gasteiger partial charge in [0, 0.05) is 24.3 Å². The first-order valence-electron chi connectivity index (χ1n) is 9.48. The Balaban J connectivity index is 1.62. The topological polar surface area (TPSA) is 26.8 Å². The molecule has 2 aliphatic heterocycles. The van der Waals surface area contributed by atoms with Crippen molar-refractivity contribution in [1.29, 1.82) is 0 Å². The third-order valence-corrected chi connectivity index (χ3v) is 5.32. The molecule has 1 aromatic rings. The highest BCUT2D eigenvalue weighted by molar-refractivity contribution is 5.95. The summed E-state index contributed by atoms with van der Waals surface area (Å²) in [4.78, 5) is 19.9. The van der Waals surface area contributed by atoms with E-state index in [0.717, 1.165) is 18.8 Å². The molecule has 2 aliphatic rings. The molecular formula is C20H31N3O. The summed E-state index contributed by atoms with van der Waals surface area (Å²) in [6.07, 6.45) is 5.17. The maximum Gasteiger partial charge on any atom is 0.241 e. The zero-order valence-electron chi connectivity index (χ0n) is 15.2. The molecule has 1 unspecified atom stereocenters. The smallest absolute Gasteiger partial charge is 0.241 e. The van der Waals surface area contributed by atoms with Gasteiger partial charge in [0.2, 0.25) is 5.91 Å². The monoisotopic (exact) mass is 329 g/mol. The largest absolute Gasteiger partial charge is 0.309 e. The van der Waals surface area contributed by atoms with Crippen molar-refractivity contribution in [2.24, 2.45) is 0 Å². The van der Waals surface area contributed by atoms with Gasteiger partial charge in [-0.1, -0.05) is 18.2 Å². The number of benzene rings is 1. The Kier molecular flexibility index (Phi) is 5.90. The van der Waals surface area contributed by atoms with Crippen LogP contribution < -0.4 is 4.90 Å². The van der Waals surface area contributed by atoms with Crippen LogP contribution in [0.4, 0.5) is 5.69 Å². The number of piperidine rings is 1. The van der Waals surface area contributed by atoms with Gasteiger partial charge in [0.25, 0.3) is 0 Å². The van der Waals surface area contributed by atoms with Crippen LogP contribution in [-0.4, -0.2) is 60.5 Å². The molecule has 1 atom stereocenters. The Morgan fingerprint density at radius 3 is 2.50 bits per heavy atom. The van der Waals surface area contributed by atoms with E-state index in [1.165, 1.54) is 38.8 Å². The van der Waals surface area contributed by atoms with E-state index in [-0.39, 0.29) is 11.9 Å². The quantitative estimate of drug-likeness (QED) is 0.831. The fourth-order valence-electron chi connectivity index (χ4n) is 4.17. The number of carbonyl (C=O) groups is 1. The fraction of sp³-hybridized carbons (Fsp3) is 0.650. The maximum atomic E-state index is 13.0. The van der Waals surface area contributed by atoms with E-state index in [4.69, 9.17) is 0 Å². The minimum absolute atomic E-state index is 0.180. The molecule has 0 bridgehead atoms. The van der Waals surface area contributed by atoms with Gasteiger partial charge in [-0.15, -0.1) is 0 Å². The van der Waals surface area contributed by atoms with Crippen LogP contribution in [0, 0.1) is 0 Å². The number of likely N-dealkylation sites (tertiary alicyclic amines) is 2. The minimum Gasteiger partial charge on any atom is -0.309 e. The van der Waals surface area contributed by atoms with E-state index in [1.807, 2.05) is 35.2 Å². The van der Waals surface area contributed by atoms with Crippen LogP contribution >= 0.6 is 0 Å². The number of rotatable bonds is 5. The van der Waals surface area contributed by atoms with Crippen LogP contribution in [0.3, 0.4) is 0 Å². The number of amides is 1. The fourth-order valence-corrected chi connectivity index (χ4v) is 4.17. The van der Waals surface area contributed by atoms with Gasteiger partial charge in [0.1, 0.15) is 0 Å². The number of nitrogens with zero attached hydrogens (tertiary/aromatic N) is 3. The Morgan fingerprint density at radius 1 is 1.12 bits per heavy atom. The summed E-state index contributed by atoms with van der Waals surface area (Å²) in [5, 5.41) is 0. The highest BCUT2D eigenvalue weighted by atomic mass is 16.2. The van der Waals surface area contributed by atoms with E-state index in [2.05, 4.69) is 23.6 Å². The molecule has 24 heavy (non-hydrogen) atoms. The molecular weight excluding hydrogens is 298 g/mol. The van der Waals surface area contributed by atoms with Crippen LogP contribution in [0.5, 0.6) is 0 Å². The molecule has 1 amide bonds. The van der Waals surface area contributed by atoms with Gasteiger partial charge < -0.3 is 4.90 Å². The summed E-state index contributed by atoms with van der Waals surface area (Å²) >= 11 is 0. The van der Waals surface area contributed by atoms with E-state index < -0.39 is 0 Å². The van der Waals surface area contributed by atoms with Crippen LogP contribution in [-0.2, 0) is 4.79 Å². The second kappa shape index (κ2) is 8.13. The molecule has 3 rings (SSSR count). The van der Waals surface area contributed by atoms with Gasteiger partial charge in [-0.3, -0.25) is 14.6 Å². The number of hydrogen-bond acceptors (Lipinski definition) is 3. The summed E-state index contributed by atoms with van der Waals surface area (Å²) in [5.74, 6) is 0.221. The minimum atomic E-state index is 0.180. The zero-order chi connectivity index (χ0) is 16.9. The molecule has 4 nitrogen and oxygen atoms in total. The van der Waals surface area contributed by atoms with Crippen molar-refractivity contribution in [2.45, 2.75) is 51.6 Å². The molecule has 2 fully saturated rings. The number of para-hydroxylation sites is 1. The molecule has 0 spiro atoms. The Labute approximate surface area is 146 Å². The predicted molar refractivity (Wildman–Crippen MR) is 99.3 cm³/mol. The molecule has 2 heterocycles. The van der Waals surface area contributed by atoms with Crippen molar-refractivity contribution < 1.29 is 4.79 Å². The number of hydrogen-bond donors (Lipinski definition) is 0. The van der Waals surface area contributed by atoms with Crippen LogP contribution in [0.1, 0.15) is 39.5 Å². The van der Waals surface area contributed by atoms with Gasteiger partial charge in [-0.05, 0) is 71.3 Å². The summed E-state index contributed by atoms with van der Waals surface area (Å²) in [6.45, 7) is 9.31.